The Balaban J connectivity index is 1.90. The summed E-state index contributed by atoms with van der Waals surface area (Å²) in [5.41, 5.74) is 1.01. The fourth-order valence-corrected chi connectivity index (χ4v) is 3.59. The fourth-order valence-electron chi connectivity index (χ4n) is 3.59. The molecule has 2 aromatic rings. The number of nitrogens with one attached hydrogen (secondary N) is 1. The summed E-state index contributed by atoms with van der Waals surface area (Å²) in [6.45, 7) is 5.67. The lowest BCUT2D eigenvalue weighted by molar-refractivity contribution is 0.270. The summed E-state index contributed by atoms with van der Waals surface area (Å²) in [5, 5.41) is 4.94. The fraction of sp³-hybridized carbons (Fsp3) is 0.556. The summed E-state index contributed by atoms with van der Waals surface area (Å²) >= 11 is 0. The van der Waals surface area contributed by atoms with Crippen molar-refractivity contribution in [1.82, 2.24) is 5.32 Å². The summed E-state index contributed by atoms with van der Waals surface area (Å²) < 4.78 is 6.13. The molecule has 0 amide bonds. The van der Waals surface area contributed by atoms with Crippen molar-refractivity contribution < 1.29 is 4.42 Å². The minimum Gasteiger partial charge on any atom is -0.459 e. The van der Waals surface area contributed by atoms with E-state index in [0.717, 1.165) is 30.2 Å². The van der Waals surface area contributed by atoms with E-state index in [1.807, 2.05) is 6.07 Å². The van der Waals surface area contributed by atoms with Crippen LogP contribution >= 0.6 is 0 Å². The molecular weight excluding hydrogens is 246 g/mol. The molecule has 1 aromatic carbocycles. The van der Waals surface area contributed by atoms with Gasteiger partial charge < -0.3 is 9.73 Å². The maximum Gasteiger partial charge on any atom is 0.134 e. The van der Waals surface area contributed by atoms with Gasteiger partial charge in [-0.3, -0.25) is 0 Å². The lowest BCUT2D eigenvalue weighted by Gasteiger charge is -2.26. The van der Waals surface area contributed by atoms with Gasteiger partial charge in [0.1, 0.15) is 11.3 Å². The first-order valence-electron chi connectivity index (χ1n) is 8.01. The predicted octanol–water partition coefficient (Wildman–Crippen LogP) is 4.91. The second-order valence-corrected chi connectivity index (χ2v) is 6.19. The third-order valence-electron chi connectivity index (χ3n) is 4.72. The maximum absolute atomic E-state index is 6.13. The van der Waals surface area contributed by atoms with E-state index in [1.165, 1.54) is 24.6 Å². The average molecular weight is 271 g/mol. The van der Waals surface area contributed by atoms with E-state index < -0.39 is 0 Å². The van der Waals surface area contributed by atoms with Crippen molar-refractivity contribution in [1.29, 1.82) is 0 Å². The number of hydrogen-bond acceptors (Lipinski definition) is 2. The molecule has 0 bridgehead atoms. The molecule has 1 aliphatic rings. The maximum atomic E-state index is 6.13. The summed E-state index contributed by atoms with van der Waals surface area (Å²) in [6.07, 6.45) is 5.20. The summed E-state index contributed by atoms with van der Waals surface area (Å²) in [5.74, 6) is 2.62. The Morgan fingerprint density at radius 1 is 1.30 bits per heavy atom. The van der Waals surface area contributed by atoms with Gasteiger partial charge in [-0.1, -0.05) is 44.9 Å². The van der Waals surface area contributed by atoms with Crippen molar-refractivity contribution in [2.45, 2.75) is 45.6 Å². The minimum absolute atomic E-state index is 0.375. The normalized spacial score (nSPS) is 24.3. The average Bonchev–Trinajstić information content (AvgIpc) is 3.06. The van der Waals surface area contributed by atoms with E-state index in [-0.39, 0.29) is 0 Å². The molecule has 2 heteroatoms. The van der Waals surface area contributed by atoms with Gasteiger partial charge in [0, 0.05) is 5.39 Å². The molecule has 0 spiro atoms. The molecule has 0 radical (unpaired) electrons. The van der Waals surface area contributed by atoms with Crippen LogP contribution in [0.5, 0.6) is 0 Å². The minimum atomic E-state index is 0.375. The van der Waals surface area contributed by atoms with E-state index >= 15 is 0 Å². The second kappa shape index (κ2) is 6.01. The molecule has 1 saturated carbocycles. The monoisotopic (exact) mass is 271 g/mol. The van der Waals surface area contributed by atoms with Gasteiger partial charge in [0.25, 0.3) is 0 Å². The topological polar surface area (TPSA) is 25.2 Å². The van der Waals surface area contributed by atoms with Crippen molar-refractivity contribution in [3.63, 3.8) is 0 Å². The first-order chi connectivity index (χ1) is 9.79. The summed E-state index contributed by atoms with van der Waals surface area (Å²) in [6, 6.07) is 10.9. The molecule has 3 atom stereocenters. The van der Waals surface area contributed by atoms with Crippen LogP contribution in [0.1, 0.15) is 51.3 Å². The van der Waals surface area contributed by atoms with Gasteiger partial charge in [-0.15, -0.1) is 0 Å². The lowest BCUT2D eigenvalue weighted by atomic mass is 9.88. The summed E-state index contributed by atoms with van der Waals surface area (Å²) in [7, 11) is 0. The zero-order chi connectivity index (χ0) is 13.9. The molecule has 3 unspecified atom stereocenters. The lowest BCUT2D eigenvalue weighted by Crippen LogP contribution is -2.30. The highest BCUT2D eigenvalue weighted by Crippen LogP contribution is 2.41. The van der Waals surface area contributed by atoms with Crippen LogP contribution in [0.25, 0.3) is 11.0 Å². The third-order valence-corrected chi connectivity index (χ3v) is 4.72. The van der Waals surface area contributed by atoms with Crippen molar-refractivity contribution in [3.8, 4) is 0 Å². The smallest absolute Gasteiger partial charge is 0.134 e. The second-order valence-electron chi connectivity index (χ2n) is 6.19. The Hall–Kier alpha value is -1.28. The van der Waals surface area contributed by atoms with E-state index in [2.05, 4.69) is 43.4 Å². The Morgan fingerprint density at radius 2 is 2.15 bits per heavy atom. The van der Waals surface area contributed by atoms with Crippen molar-refractivity contribution >= 4 is 11.0 Å². The van der Waals surface area contributed by atoms with Gasteiger partial charge in [0.15, 0.2) is 0 Å². The van der Waals surface area contributed by atoms with Crippen molar-refractivity contribution in [3.05, 3.63) is 36.1 Å². The van der Waals surface area contributed by atoms with Crippen LogP contribution < -0.4 is 5.32 Å². The quantitative estimate of drug-likeness (QED) is 0.836. The molecule has 108 valence electrons. The Bertz CT molecular complexity index is 526. The molecule has 2 nitrogen and oxygen atoms in total. The van der Waals surface area contributed by atoms with Crippen LogP contribution in [0.15, 0.2) is 34.7 Å². The SMILES string of the molecule is CCCNC(c1cc2ccccc2o1)C1CCCC1C. The van der Waals surface area contributed by atoms with E-state index in [9.17, 15) is 0 Å². The van der Waals surface area contributed by atoms with Gasteiger partial charge in [-0.25, -0.2) is 0 Å². The van der Waals surface area contributed by atoms with Gasteiger partial charge in [0.05, 0.1) is 6.04 Å². The van der Waals surface area contributed by atoms with Crippen molar-refractivity contribution in [2.24, 2.45) is 11.8 Å². The van der Waals surface area contributed by atoms with Crippen LogP contribution in [0, 0.1) is 11.8 Å². The molecule has 0 saturated heterocycles. The first kappa shape index (κ1) is 13.7. The van der Waals surface area contributed by atoms with Gasteiger partial charge in [-0.2, -0.15) is 0 Å². The van der Waals surface area contributed by atoms with E-state index in [4.69, 9.17) is 4.42 Å². The molecule has 0 aliphatic heterocycles. The standard InChI is InChI=1S/C18H25NO/c1-3-11-19-18(15-9-6-7-13(15)2)17-12-14-8-4-5-10-16(14)20-17/h4-5,8,10,12-13,15,18-19H,3,6-7,9,11H2,1-2H3. The van der Waals surface area contributed by atoms with Gasteiger partial charge in [-0.05, 0) is 43.4 Å². The van der Waals surface area contributed by atoms with Gasteiger partial charge >= 0.3 is 0 Å². The predicted molar refractivity (Wildman–Crippen MR) is 83.8 cm³/mol. The first-order valence-corrected chi connectivity index (χ1v) is 8.01. The van der Waals surface area contributed by atoms with Crippen LogP contribution in [-0.4, -0.2) is 6.54 Å². The molecule has 1 aromatic heterocycles. The molecule has 20 heavy (non-hydrogen) atoms. The number of fused-ring (bicyclic) bond motifs is 1. The number of rotatable bonds is 5. The highest BCUT2D eigenvalue weighted by Gasteiger charge is 2.33. The van der Waals surface area contributed by atoms with E-state index in [1.54, 1.807) is 0 Å². The Kier molecular flexibility index (Phi) is 4.11. The van der Waals surface area contributed by atoms with Crippen LogP contribution in [0.4, 0.5) is 0 Å². The molecule has 1 aliphatic carbocycles. The van der Waals surface area contributed by atoms with Gasteiger partial charge in [0.2, 0.25) is 0 Å². The molecule has 1 heterocycles. The number of hydrogen-bond donors (Lipinski definition) is 1. The van der Waals surface area contributed by atoms with E-state index in [0.29, 0.717) is 12.0 Å². The Labute approximate surface area is 121 Å². The summed E-state index contributed by atoms with van der Waals surface area (Å²) in [4.78, 5) is 0. The molecule has 1 fully saturated rings. The highest BCUT2D eigenvalue weighted by atomic mass is 16.3. The number of para-hydroxylation sites is 1. The zero-order valence-electron chi connectivity index (χ0n) is 12.6. The zero-order valence-corrected chi connectivity index (χ0v) is 12.6. The molecule has 3 rings (SSSR count). The molecular formula is C18H25NO. The largest absolute Gasteiger partial charge is 0.459 e. The van der Waals surface area contributed by atoms with Crippen LogP contribution in [0.2, 0.25) is 0 Å². The van der Waals surface area contributed by atoms with Crippen LogP contribution in [-0.2, 0) is 0 Å². The third kappa shape index (κ3) is 2.62. The van der Waals surface area contributed by atoms with Crippen LogP contribution in [0.3, 0.4) is 0 Å². The highest BCUT2D eigenvalue weighted by molar-refractivity contribution is 5.77. The Morgan fingerprint density at radius 3 is 2.85 bits per heavy atom. The van der Waals surface area contributed by atoms with Crippen molar-refractivity contribution in [2.75, 3.05) is 6.54 Å². The number of furan rings is 1. The molecule has 1 N–H and O–H groups in total. The number of benzene rings is 1.